The van der Waals surface area contributed by atoms with Crippen LogP contribution in [0.5, 0.6) is 5.75 Å². The van der Waals surface area contributed by atoms with Gasteiger partial charge in [-0.25, -0.2) is 14.0 Å². The number of hydrogen-bond donors (Lipinski definition) is 0. The number of carbonyl (C=O) groups is 1. The van der Waals surface area contributed by atoms with E-state index in [0.29, 0.717) is 19.5 Å². The van der Waals surface area contributed by atoms with Crippen molar-refractivity contribution in [1.29, 1.82) is 0 Å². The Hall–Kier alpha value is -2.40. The zero-order valence-electron chi connectivity index (χ0n) is 13.3. The Kier molecular flexibility index (Phi) is 5.01. The first-order valence-corrected chi connectivity index (χ1v) is 7.30. The average molecular weight is 322 g/mol. The number of benzene rings is 1. The van der Waals surface area contributed by atoms with Gasteiger partial charge < -0.3 is 14.4 Å². The van der Waals surface area contributed by atoms with Gasteiger partial charge in [0, 0.05) is 19.0 Å². The lowest BCUT2D eigenvalue weighted by atomic mass is 10.2. The molecule has 1 aliphatic heterocycles. The maximum absolute atomic E-state index is 13.2. The van der Waals surface area contributed by atoms with Gasteiger partial charge in [0.15, 0.2) is 0 Å². The van der Waals surface area contributed by atoms with Crippen LogP contribution in [0.25, 0.3) is 0 Å². The van der Waals surface area contributed by atoms with Gasteiger partial charge in [-0.2, -0.15) is 4.99 Å². The molecule has 1 fully saturated rings. The van der Waals surface area contributed by atoms with Gasteiger partial charge in [-0.05, 0) is 32.9 Å². The van der Waals surface area contributed by atoms with Crippen molar-refractivity contribution in [3.8, 4) is 5.75 Å². The van der Waals surface area contributed by atoms with Crippen molar-refractivity contribution < 1.29 is 23.5 Å². The van der Waals surface area contributed by atoms with Gasteiger partial charge in [0.05, 0.1) is 6.54 Å². The van der Waals surface area contributed by atoms with Crippen LogP contribution >= 0.6 is 0 Å². The highest BCUT2D eigenvalue weighted by Gasteiger charge is 2.31. The van der Waals surface area contributed by atoms with Crippen LogP contribution in [0.1, 0.15) is 27.2 Å². The number of amides is 1. The lowest BCUT2D eigenvalue weighted by Crippen LogP contribution is -2.36. The number of ether oxygens (including phenoxy) is 2. The second-order valence-corrected chi connectivity index (χ2v) is 6.27. The van der Waals surface area contributed by atoms with Gasteiger partial charge in [-0.15, -0.1) is 0 Å². The molecule has 0 saturated carbocycles. The summed E-state index contributed by atoms with van der Waals surface area (Å²) >= 11 is 0. The molecule has 1 saturated heterocycles. The summed E-state index contributed by atoms with van der Waals surface area (Å²) in [6, 6.07) is 3.72. The van der Waals surface area contributed by atoms with E-state index in [4.69, 9.17) is 9.47 Å². The normalized spacial score (nSPS) is 17.6. The molecule has 1 heterocycles. The molecule has 1 aromatic carbocycles. The van der Waals surface area contributed by atoms with Crippen LogP contribution < -0.4 is 4.74 Å². The first kappa shape index (κ1) is 17.0. The average Bonchev–Trinajstić information content (AvgIpc) is 2.89. The summed E-state index contributed by atoms with van der Waals surface area (Å²) in [6.45, 7) is 6.27. The number of hydrogen-bond acceptors (Lipinski definition) is 5. The van der Waals surface area contributed by atoms with Gasteiger partial charge in [-0.3, -0.25) is 0 Å². The first-order valence-electron chi connectivity index (χ1n) is 7.30. The minimum absolute atomic E-state index is 0.0794. The molecular weight excluding hydrogens is 303 g/mol. The molecule has 0 aliphatic carbocycles. The van der Waals surface area contributed by atoms with Crippen LogP contribution in [-0.2, 0) is 9.53 Å². The Balaban J connectivity index is 2.01. The number of aliphatic imine (C=N–C) groups is 1. The molecule has 1 aromatic rings. The number of nitrogens with zero attached hydrogens (tertiary/aromatic N) is 2. The van der Waals surface area contributed by atoms with Crippen molar-refractivity contribution in [3.05, 3.63) is 24.0 Å². The van der Waals surface area contributed by atoms with E-state index in [0.717, 1.165) is 6.07 Å². The number of likely N-dealkylation sites (tertiary alicyclic amines) is 1. The Morgan fingerprint density at radius 1 is 1.43 bits per heavy atom. The molecule has 1 atom stereocenters. The maximum atomic E-state index is 13.2. The molecule has 23 heavy (non-hydrogen) atoms. The van der Waals surface area contributed by atoms with Gasteiger partial charge in [0.25, 0.3) is 0 Å². The third kappa shape index (κ3) is 4.79. The van der Waals surface area contributed by atoms with Gasteiger partial charge in [-0.1, -0.05) is 0 Å². The molecule has 1 amide bonds. The standard InChI is InChI=1S/C16H19FN2O4/c1-16(2,3)23-15(21)19-7-6-12(9-19)22-14-5-4-11(17)8-13(14)18-10-20/h4-5,8,12H,6-7,9H2,1-3H3. The fourth-order valence-corrected chi connectivity index (χ4v) is 2.22. The van der Waals surface area contributed by atoms with E-state index < -0.39 is 17.5 Å². The third-order valence-electron chi connectivity index (χ3n) is 3.18. The van der Waals surface area contributed by atoms with E-state index in [-0.39, 0.29) is 17.5 Å². The van der Waals surface area contributed by atoms with Crippen molar-refractivity contribution in [1.82, 2.24) is 4.90 Å². The topological polar surface area (TPSA) is 68.2 Å². The first-order chi connectivity index (χ1) is 10.8. The number of halogens is 1. The van der Waals surface area contributed by atoms with E-state index >= 15 is 0 Å². The fourth-order valence-electron chi connectivity index (χ4n) is 2.22. The van der Waals surface area contributed by atoms with Crippen molar-refractivity contribution >= 4 is 17.9 Å². The summed E-state index contributed by atoms with van der Waals surface area (Å²) in [5, 5.41) is 0. The number of isocyanates is 1. The van der Waals surface area contributed by atoms with Gasteiger partial charge in [0.2, 0.25) is 6.08 Å². The van der Waals surface area contributed by atoms with Crippen molar-refractivity contribution in [2.75, 3.05) is 13.1 Å². The second-order valence-electron chi connectivity index (χ2n) is 6.27. The fraction of sp³-hybridized carbons (Fsp3) is 0.500. The molecule has 6 nitrogen and oxygen atoms in total. The molecule has 0 aromatic heterocycles. The molecule has 1 unspecified atom stereocenters. The Labute approximate surface area is 133 Å². The summed E-state index contributed by atoms with van der Waals surface area (Å²) in [4.78, 5) is 27.4. The maximum Gasteiger partial charge on any atom is 0.410 e. The molecule has 0 bridgehead atoms. The van der Waals surface area contributed by atoms with Crippen LogP contribution in [0.4, 0.5) is 14.9 Å². The van der Waals surface area contributed by atoms with E-state index in [2.05, 4.69) is 4.99 Å². The van der Waals surface area contributed by atoms with Crippen LogP contribution in [0.15, 0.2) is 23.2 Å². The van der Waals surface area contributed by atoms with Crippen LogP contribution in [0, 0.1) is 5.82 Å². The zero-order valence-corrected chi connectivity index (χ0v) is 13.3. The Morgan fingerprint density at radius 2 is 2.17 bits per heavy atom. The van der Waals surface area contributed by atoms with Crippen molar-refractivity contribution in [3.63, 3.8) is 0 Å². The summed E-state index contributed by atoms with van der Waals surface area (Å²) in [7, 11) is 0. The predicted octanol–water partition coefficient (Wildman–Crippen LogP) is 3.18. The lowest BCUT2D eigenvalue weighted by Gasteiger charge is -2.24. The van der Waals surface area contributed by atoms with Crippen molar-refractivity contribution in [2.24, 2.45) is 4.99 Å². The highest BCUT2D eigenvalue weighted by molar-refractivity contribution is 5.68. The summed E-state index contributed by atoms with van der Waals surface area (Å²) in [6.07, 6.45) is 1.32. The van der Waals surface area contributed by atoms with Crippen LogP contribution in [0.2, 0.25) is 0 Å². The van der Waals surface area contributed by atoms with E-state index in [1.54, 1.807) is 25.7 Å². The molecule has 0 spiro atoms. The molecular formula is C16H19FN2O4. The summed E-state index contributed by atoms with van der Waals surface area (Å²) < 4.78 is 24.2. The zero-order chi connectivity index (χ0) is 17.0. The van der Waals surface area contributed by atoms with E-state index in [9.17, 15) is 14.0 Å². The molecule has 124 valence electrons. The van der Waals surface area contributed by atoms with E-state index in [1.165, 1.54) is 18.2 Å². The second kappa shape index (κ2) is 6.79. The smallest absolute Gasteiger partial charge is 0.410 e. The predicted molar refractivity (Wildman–Crippen MR) is 81.0 cm³/mol. The largest absolute Gasteiger partial charge is 0.486 e. The minimum Gasteiger partial charge on any atom is -0.486 e. The highest BCUT2D eigenvalue weighted by atomic mass is 19.1. The quantitative estimate of drug-likeness (QED) is 0.633. The summed E-state index contributed by atoms with van der Waals surface area (Å²) in [5.41, 5.74) is -0.477. The summed E-state index contributed by atoms with van der Waals surface area (Å²) in [5.74, 6) is -0.237. The monoisotopic (exact) mass is 322 g/mol. The molecule has 1 aliphatic rings. The number of carbonyl (C=O) groups excluding carboxylic acids is 2. The number of rotatable bonds is 3. The van der Waals surface area contributed by atoms with E-state index in [1.807, 2.05) is 0 Å². The van der Waals surface area contributed by atoms with Crippen molar-refractivity contribution in [2.45, 2.75) is 38.9 Å². The lowest BCUT2D eigenvalue weighted by molar-refractivity contribution is 0.0276. The third-order valence-corrected chi connectivity index (χ3v) is 3.18. The minimum atomic E-state index is -0.557. The van der Waals surface area contributed by atoms with Gasteiger partial charge in [0.1, 0.15) is 29.0 Å². The Bertz CT molecular complexity index is 635. The molecule has 7 heteroatoms. The highest BCUT2D eigenvalue weighted by Crippen LogP contribution is 2.30. The SMILES string of the molecule is CC(C)(C)OC(=O)N1CCC(Oc2ccc(F)cc2N=C=O)C1. The van der Waals surface area contributed by atoms with Gasteiger partial charge >= 0.3 is 6.09 Å². The Morgan fingerprint density at radius 3 is 2.83 bits per heavy atom. The molecule has 2 rings (SSSR count). The van der Waals surface area contributed by atoms with Crippen LogP contribution in [0.3, 0.4) is 0 Å². The molecule has 0 N–H and O–H groups in total. The molecule has 0 radical (unpaired) electrons. The van der Waals surface area contributed by atoms with Crippen LogP contribution in [-0.4, -0.2) is 41.9 Å².